The van der Waals surface area contributed by atoms with Crippen molar-refractivity contribution in [3.63, 3.8) is 0 Å². The number of furan rings is 1. The second-order valence-electron chi connectivity index (χ2n) is 13.8. The lowest BCUT2D eigenvalue weighted by atomic mass is 9.87. The predicted molar refractivity (Wildman–Crippen MR) is 227 cm³/mol. The Hall–Kier alpha value is -7.44. The number of fused-ring (bicyclic) bond motifs is 10. The van der Waals surface area contributed by atoms with E-state index in [0.717, 1.165) is 77.4 Å². The van der Waals surface area contributed by atoms with Crippen molar-refractivity contribution >= 4 is 75.3 Å². The molecule has 3 heterocycles. The van der Waals surface area contributed by atoms with Gasteiger partial charge in [0.15, 0.2) is 0 Å². The molecule has 0 aliphatic rings. The van der Waals surface area contributed by atoms with E-state index in [1.807, 2.05) is 36.4 Å². The summed E-state index contributed by atoms with van der Waals surface area (Å²) in [5.41, 5.74) is 11.8. The Morgan fingerprint density at radius 1 is 0.491 bits per heavy atom. The van der Waals surface area contributed by atoms with Gasteiger partial charge in [-0.2, -0.15) is 10.5 Å². The van der Waals surface area contributed by atoms with E-state index in [4.69, 9.17) is 4.42 Å². The number of hydrogen-bond donors (Lipinski definition) is 0. The second kappa shape index (κ2) is 12.0. The maximum Gasteiger partial charge on any atom is 0.137 e. The summed E-state index contributed by atoms with van der Waals surface area (Å²) in [5, 5.41) is 27.2. The van der Waals surface area contributed by atoms with Crippen LogP contribution in [0, 0.1) is 22.7 Å². The first-order chi connectivity index (χ1) is 27.2. The molecular formula is C50H27N3OS. The van der Waals surface area contributed by atoms with Crippen LogP contribution in [0.2, 0.25) is 0 Å². The fraction of sp³-hybridized carbons (Fsp3) is 0. The van der Waals surface area contributed by atoms with Crippen molar-refractivity contribution in [2.75, 3.05) is 0 Å². The highest BCUT2D eigenvalue weighted by atomic mass is 32.1. The summed E-state index contributed by atoms with van der Waals surface area (Å²) < 4.78 is 11.2. The van der Waals surface area contributed by atoms with Gasteiger partial charge in [-0.15, -0.1) is 11.3 Å². The van der Waals surface area contributed by atoms with Crippen molar-refractivity contribution in [1.82, 2.24) is 4.57 Å². The second-order valence-corrected chi connectivity index (χ2v) is 14.9. The number of aromatic nitrogens is 1. The van der Waals surface area contributed by atoms with Crippen molar-refractivity contribution in [2.45, 2.75) is 0 Å². The van der Waals surface area contributed by atoms with Crippen LogP contribution in [0.3, 0.4) is 0 Å². The summed E-state index contributed by atoms with van der Waals surface area (Å²) >= 11 is 1.80. The van der Waals surface area contributed by atoms with Crippen LogP contribution in [0.1, 0.15) is 11.1 Å². The van der Waals surface area contributed by atoms with E-state index in [1.165, 1.54) is 25.6 Å². The van der Waals surface area contributed by atoms with Crippen molar-refractivity contribution in [3.05, 3.63) is 175 Å². The molecule has 55 heavy (non-hydrogen) atoms. The minimum absolute atomic E-state index is 0.582. The molecule has 0 spiro atoms. The van der Waals surface area contributed by atoms with Gasteiger partial charge in [-0.05, 0) is 71.3 Å². The molecule has 11 rings (SSSR count). The molecule has 254 valence electrons. The van der Waals surface area contributed by atoms with Gasteiger partial charge in [0.1, 0.15) is 17.2 Å². The van der Waals surface area contributed by atoms with Crippen molar-refractivity contribution in [2.24, 2.45) is 0 Å². The van der Waals surface area contributed by atoms with Gasteiger partial charge in [-0.1, -0.05) is 109 Å². The molecule has 8 aromatic carbocycles. The smallest absolute Gasteiger partial charge is 0.137 e. The van der Waals surface area contributed by atoms with Crippen LogP contribution in [-0.2, 0) is 0 Å². The Labute approximate surface area is 319 Å². The fourth-order valence-corrected chi connectivity index (χ4v) is 9.71. The number of para-hydroxylation sites is 2. The van der Waals surface area contributed by atoms with Gasteiger partial charge in [0, 0.05) is 58.7 Å². The topological polar surface area (TPSA) is 65.7 Å². The maximum absolute atomic E-state index is 10.8. The van der Waals surface area contributed by atoms with Crippen LogP contribution in [-0.4, -0.2) is 4.57 Å². The SMILES string of the molecule is N#Cc1ccc(-c2cccc(-c3ccc(-n4c5ccccc5c5ccc6oc7ccccc7c6c54)cc3-c3cccc4c3sc3ccccc34)c2C#N)cc1. The summed E-state index contributed by atoms with van der Waals surface area (Å²) in [4.78, 5) is 0. The fourth-order valence-electron chi connectivity index (χ4n) is 8.48. The first-order valence-corrected chi connectivity index (χ1v) is 18.9. The molecule has 0 saturated carbocycles. The summed E-state index contributed by atoms with van der Waals surface area (Å²) in [6, 6.07) is 61.2. The van der Waals surface area contributed by atoms with Crippen LogP contribution in [0.4, 0.5) is 0 Å². The molecular weight excluding hydrogens is 691 g/mol. The largest absolute Gasteiger partial charge is 0.456 e. The highest BCUT2D eigenvalue weighted by molar-refractivity contribution is 7.26. The molecule has 0 bridgehead atoms. The third-order valence-electron chi connectivity index (χ3n) is 10.9. The van der Waals surface area contributed by atoms with Crippen LogP contribution in [0.15, 0.2) is 168 Å². The normalized spacial score (nSPS) is 11.6. The first-order valence-electron chi connectivity index (χ1n) is 18.1. The van der Waals surface area contributed by atoms with Crippen LogP contribution in [0.25, 0.3) is 103 Å². The van der Waals surface area contributed by atoms with Crippen LogP contribution in [0.5, 0.6) is 0 Å². The zero-order valence-corrected chi connectivity index (χ0v) is 30.1. The van der Waals surface area contributed by atoms with E-state index < -0.39 is 0 Å². The number of nitriles is 2. The van der Waals surface area contributed by atoms with Crippen molar-refractivity contribution in [1.29, 1.82) is 10.5 Å². The number of hydrogen-bond acceptors (Lipinski definition) is 4. The van der Waals surface area contributed by atoms with Gasteiger partial charge in [-0.3, -0.25) is 0 Å². The van der Waals surface area contributed by atoms with E-state index in [2.05, 4.69) is 132 Å². The number of thiophene rings is 1. The lowest BCUT2D eigenvalue weighted by molar-refractivity contribution is 0.669. The number of rotatable bonds is 4. The molecule has 0 atom stereocenters. The highest BCUT2D eigenvalue weighted by Gasteiger charge is 2.22. The third-order valence-corrected chi connectivity index (χ3v) is 12.1. The Morgan fingerprint density at radius 3 is 2.07 bits per heavy atom. The molecule has 0 amide bonds. The highest BCUT2D eigenvalue weighted by Crippen LogP contribution is 2.46. The van der Waals surface area contributed by atoms with Crippen LogP contribution >= 0.6 is 11.3 Å². The molecule has 0 fully saturated rings. The van der Waals surface area contributed by atoms with Gasteiger partial charge in [0.25, 0.3) is 0 Å². The lowest BCUT2D eigenvalue weighted by Gasteiger charge is -2.18. The molecule has 4 nitrogen and oxygen atoms in total. The van der Waals surface area contributed by atoms with Crippen LogP contribution < -0.4 is 0 Å². The monoisotopic (exact) mass is 717 g/mol. The van der Waals surface area contributed by atoms with E-state index >= 15 is 0 Å². The van der Waals surface area contributed by atoms with E-state index in [1.54, 1.807) is 23.5 Å². The van der Waals surface area contributed by atoms with Gasteiger partial charge >= 0.3 is 0 Å². The zero-order valence-electron chi connectivity index (χ0n) is 29.2. The predicted octanol–water partition coefficient (Wildman–Crippen LogP) is 13.8. The summed E-state index contributed by atoms with van der Waals surface area (Å²) in [5.74, 6) is 0. The lowest BCUT2D eigenvalue weighted by Crippen LogP contribution is -1.98. The molecule has 3 aromatic heterocycles. The molecule has 0 N–H and O–H groups in total. The van der Waals surface area contributed by atoms with Crippen molar-refractivity contribution in [3.8, 4) is 51.2 Å². The number of benzene rings is 8. The third kappa shape index (κ3) is 4.61. The van der Waals surface area contributed by atoms with Crippen molar-refractivity contribution < 1.29 is 4.42 Å². The Bertz CT molecular complexity index is 3460. The van der Waals surface area contributed by atoms with Gasteiger partial charge in [0.05, 0.1) is 33.6 Å². The maximum atomic E-state index is 10.8. The summed E-state index contributed by atoms with van der Waals surface area (Å²) in [6.07, 6.45) is 0. The molecule has 11 aromatic rings. The molecule has 5 heteroatoms. The minimum Gasteiger partial charge on any atom is -0.456 e. The molecule has 0 aliphatic carbocycles. The summed E-state index contributed by atoms with van der Waals surface area (Å²) in [7, 11) is 0. The average molecular weight is 718 g/mol. The molecule has 0 saturated heterocycles. The first kappa shape index (κ1) is 31.1. The van der Waals surface area contributed by atoms with Gasteiger partial charge < -0.3 is 8.98 Å². The quantitative estimate of drug-likeness (QED) is 0.182. The van der Waals surface area contributed by atoms with Gasteiger partial charge in [0.2, 0.25) is 0 Å². The molecule has 0 unspecified atom stereocenters. The molecule has 0 radical (unpaired) electrons. The van der Waals surface area contributed by atoms with Gasteiger partial charge in [-0.25, -0.2) is 0 Å². The average Bonchev–Trinajstić information content (AvgIpc) is 3.93. The van der Waals surface area contributed by atoms with E-state index in [0.29, 0.717) is 11.1 Å². The molecule has 0 aliphatic heterocycles. The standard InChI is InChI=1S/C50H27N3OS/c51-28-30-19-21-31(22-20-30)33-12-7-13-34(43(33)29-52)35-24-23-32(27-42(35)40-15-8-14-39-37-10-3-6-18-47(37)55-50(39)40)53-44-16-4-1-9-36(44)38-25-26-46-48(49(38)53)41-11-2-5-17-45(41)54-46/h1-27H. The van der Waals surface area contributed by atoms with E-state index in [-0.39, 0.29) is 0 Å². The zero-order chi connectivity index (χ0) is 36.6. The Balaban J connectivity index is 1.25. The number of nitrogens with zero attached hydrogens (tertiary/aromatic N) is 3. The van der Waals surface area contributed by atoms with E-state index in [9.17, 15) is 10.5 Å². The Kier molecular flexibility index (Phi) is 6.82. The summed E-state index contributed by atoms with van der Waals surface area (Å²) in [6.45, 7) is 0. The minimum atomic E-state index is 0.582. The Morgan fingerprint density at radius 2 is 1.22 bits per heavy atom.